The lowest BCUT2D eigenvalue weighted by Gasteiger charge is -1.71. The second-order valence-electron chi connectivity index (χ2n) is 3.14. The molecule has 0 aliphatic heterocycles. The fraction of sp³-hybridized carbons (Fsp3) is 0.846. The van der Waals surface area contributed by atoms with Crippen molar-refractivity contribution >= 4 is 0 Å². The van der Waals surface area contributed by atoms with E-state index in [1.54, 1.807) is 0 Å². The molecular weight excluding hydrogens is 200 g/mol. The molecule has 0 radical (unpaired) electrons. The van der Waals surface area contributed by atoms with Gasteiger partial charge in [0.25, 0.3) is 0 Å². The molecule has 0 aliphatic rings. The molecule has 16 heavy (non-hydrogen) atoms. The molecule has 0 atom stereocenters. The molecule has 0 bridgehead atoms. The second kappa shape index (κ2) is 19.7. The van der Waals surface area contributed by atoms with Gasteiger partial charge in [-0.05, 0) is 13.8 Å². The maximum Gasteiger partial charge on any atom is 0.104 e. The van der Waals surface area contributed by atoms with E-state index in [4.69, 9.17) is 0 Å². The predicted molar refractivity (Wildman–Crippen MR) is 71.7 cm³/mol. The first-order chi connectivity index (χ1) is 7.63. The van der Waals surface area contributed by atoms with Crippen LogP contribution in [0, 0.1) is 13.8 Å². The first-order valence-electron chi connectivity index (χ1n) is 6.39. The Hall–Kier alpha value is -0.860. The van der Waals surface area contributed by atoms with Crippen LogP contribution in [0.4, 0.5) is 0 Å². The van der Waals surface area contributed by atoms with Crippen molar-refractivity contribution in [3.63, 3.8) is 0 Å². The molecule has 0 unspecified atom stereocenters. The SMILES string of the molecule is CC.CCC.CCCC.Cc1nonc1C. The standard InChI is InChI=1S/C4H6N2O.C4H10.C3H8.C2H6/c1-3-4(2)6-7-5-3;1-3-4-2;1-3-2;1-2/h1-2H3;3-4H2,1-2H3;3H2,1-2H3;1-2H3. The van der Waals surface area contributed by atoms with Crippen LogP contribution in [0.3, 0.4) is 0 Å². The molecule has 0 spiro atoms. The van der Waals surface area contributed by atoms with E-state index in [1.165, 1.54) is 19.3 Å². The number of aromatic nitrogens is 2. The minimum atomic E-state index is 0.861. The molecular formula is C13H30N2O. The zero-order chi connectivity index (χ0) is 13.4. The van der Waals surface area contributed by atoms with Crippen LogP contribution in [-0.2, 0) is 0 Å². The lowest BCUT2D eigenvalue weighted by Crippen LogP contribution is -1.71. The van der Waals surface area contributed by atoms with Crippen LogP contribution >= 0.6 is 0 Å². The molecule has 98 valence electrons. The van der Waals surface area contributed by atoms with Crippen molar-refractivity contribution in [2.75, 3.05) is 0 Å². The number of hydrogen-bond donors (Lipinski definition) is 0. The minimum Gasteiger partial charge on any atom is -0.244 e. The van der Waals surface area contributed by atoms with Gasteiger partial charge in [-0.15, -0.1) is 0 Å². The molecule has 0 N–H and O–H groups in total. The van der Waals surface area contributed by atoms with Crippen molar-refractivity contribution < 1.29 is 4.63 Å². The van der Waals surface area contributed by atoms with Crippen molar-refractivity contribution in [1.82, 2.24) is 10.3 Å². The van der Waals surface area contributed by atoms with Crippen molar-refractivity contribution in [3.8, 4) is 0 Å². The van der Waals surface area contributed by atoms with Crippen molar-refractivity contribution in [2.24, 2.45) is 0 Å². The minimum absolute atomic E-state index is 0.861. The van der Waals surface area contributed by atoms with Crippen LogP contribution in [0.25, 0.3) is 0 Å². The molecule has 1 heterocycles. The molecule has 0 saturated carbocycles. The average Bonchev–Trinajstić information content (AvgIpc) is 2.68. The van der Waals surface area contributed by atoms with E-state index >= 15 is 0 Å². The van der Waals surface area contributed by atoms with E-state index in [9.17, 15) is 0 Å². The Labute approximate surface area is 102 Å². The molecule has 1 rings (SSSR count). The van der Waals surface area contributed by atoms with Gasteiger partial charge in [0.05, 0.1) is 0 Å². The summed E-state index contributed by atoms with van der Waals surface area (Å²) in [6.45, 7) is 16.3. The normalized spacial score (nSPS) is 7.50. The smallest absolute Gasteiger partial charge is 0.104 e. The van der Waals surface area contributed by atoms with E-state index in [2.05, 4.69) is 42.6 Å². The van der Waals surface area contributed by atoms with Crippen molar-refractivity contribution in [2.45, 2.75) is 74.7 Å². The Balaban J connectivity index is -0.000000163. The Morgan fingerprint density at radius 1 is 0.812 bits per heavy atom. The first kappa shape index (κ1) is 20.5. The van der Waals surface area contributed by atoms with Crippen molar-refractivity contribution in [1.29, 1.82) is 0 Å². The van der Waals surface area contributed by atoms with E-state index in [1.807, 2.05) is 27.7 Å². The van der Waals surface area contributed by atoms with Crippen LogP contribution in [0.15, 0.2) is 4.63 Å². The average molecular weight is 230 g/mol. The Morgan fingerprint density at radius 2 is 1.06 bits per heavy atom. The van der Waals surface area contributed by atoms with Gasteiger partial charge in [0.15, 0.2) is 0 Å². The highest BCUT2D eigenvalue weighted by Gasteiger charge is 1.93. The van der Waals surface area contributed by atoms with Gasteiger partial charge >= 0.3 is 0 Å². The van der Waals surface area contributed by atoms with E-state index in [0.717, 1.165) is 11.4 Å². The highest BCUT2D eigenvalue weighted by molar-refractivity contribution is 5.00. The third kappa shape index (κ3) is 18.8. The topological polar surface area (TPSA) is 38.9 Å². The Kier molecular flexibility index (Phi) is 25.3. The lowest BCUT2D eigenvalue weighted by atomic mass is 10.4. The third-order valence-electron chi connectivity index (χ3n) is 1.38. The summed E-state index contributed by atoms with van der Waals surface area (Å²) in [5.41, 5.74) is 1.72. The Bertz CT molecular complexity index is 179. The Morgan fingerprint density at radius 3 is 1.12 bits per heavy atom. The third-order valence-corrected chi connectivity index (χ3v) is 1.38. The molecule has 1 aromatic heterocycles. The zero-order valence-corrected chi connectivity index (χ0v) is 12.4. The highest BCUT2D eigenvalue weighted by atomic mass is 16.6. The monoisotopic (exact) mass is 230 g/mol. The van der Waals surface area contributed by atoms with Crippen LogP contribution in [0.1, 0.15) is 72.2 Å². The second-order valence-corrected chi connectivity index (χ2v) is 3.14. The first-order valence-corrected chi connectivity index (χ1v) is 6.39. The van der Waals surface area contributed by atoms with Gasteiger partial charge in [0.2, 0.25) is 0 Å². The quantitative estimate of drug-likeness (QED) is 0.686. The number of hydrogen-bond acceptors (Lipinski definition) is 3. The summed E-state index contributed by atoms with van der Waals surface area (Å²) in [5.74, 6) is 0. The summed E-state index contributed by atoms with van der Waals surface area (Å²) in [7, 11) is 0. The van der Waals surface area contributed by atoms with E-state index < -0.39 is 0 Å². The van der Waals surface area contributed by atoms with Crippen molar-refractivity contribution in [3.05, 3.63) is 11.4 Å². The summed E-state index contributed by atoms with van der Waals surface area (Å²) in [6, 6.07) is 0. The number of nitrogens with zero attached hydrogens (tertiary/aromatic N) is 2. The van der Waals surface area contributed by atoms with Gasteiger partial charge in [0.1, 0.15) is 11.4 Å². The molecule has 0 saturated heterocycles. The number of rotatable bonds is 1. The van der Waals surface area contributed by atoms with Gasteiger partial charge in [-0.1, -0.05) is 71.1 Å². The van der Waals surface area contributed by atoms with E-state index in [-0.39, 0.29) is 0 Å². The number of unbranched alkanes of at least 4 members (excludes halogenated alkanes) is 1. The van der Waals surface area contributed by atoms with Gasteiger partial charge in [-0.2, -0.15) is 0 Å². The number of aryl methyl sites for hydroxylation is 2. The maximum atomic E-state index is 4.34. The largest absolute Gasteiger partial charge is 0.244 e. The predicted octanol–water partition coefficient (Wildman–Crippen LogP) is 4.94. The lowest BCUT2D eigenvalue weighted by molar-refractivity contribution is 0.302. The van der Waals surface area contributed by atoms with Crippen LogP contribution in [0.5, 0.6) is 0 Å². The van der Waals surface area contributed by atoms with Gasteiger partial charge in [-0.25, -0.2) is 4.63 Å². The van der Waals surface area contributed by atoms with Gasteiger partial charge in [0, 0.05) is 0 Å². The highest BCUT2D eigenvalue weighted by Crippen LogP contribution is 1.94. The maximum absolute atomic E-state index is 4.34. The summed E-state index contributed by atoms with van der Waals surface area (Å²) in [5, 5.41) is 7.06. The molecule has 0 aliphatic carbocycles. The molecule has 0 amide bonds. The summed E-state index contributed by atoms with van der Waals surface area (Å²) >= 11 is 0. The fourth-order valence-corrected chi connectivity index (χ4v) is 0.275. The summed E-state index contributed by atoms with van der Waals surface area (Å²) < 4.78 is 4.34. The summed E-state index contributed by atoms with van der Waals surface area (Å²) in [4.78, 5) is 0. The molecule has 0 aromatic carbocycles. The van der Waals surface area contributed by atoms with Crippen LogP contribution < -0.4 is 0 Å². The van der Waals surface area contributed by atoms with Gasteiger partial charge in [-0.3, -0.25) is 0 Å². The zero-order valence-electron chi connectivity index (χ0n) is 12.4. The van der Waals surface area contributed by atoms with Crippen LogP contribution in [0.2, 0.25) is 0 Å². The van der Waals surface area contributed by atoms with Gasteiger partial charge < -0.3 is 0 Å². The molecule has 0 fully saturated rings. The molecule has 1 aromatic rings. The van der Waals surface area contributed by atoms with E-state index in [0.29, 0.717) is 0 Å². The molecule has 3 nitrogen and oxygen atoms in total. The molecule has 3 heteroatoms. The van der Waals surface area contributed by atoms with Crippen LogP contribution in [-0.4, -0.2) is 10.3 Å². The fourth-order valence-electron chi connectivity index (χ4n) is 0.275. The summed E-state index contributed by atoms with van der Waals surface area (Å²) in [6.07, 6.45) is 3.89.